The van der Waals surface area contributed by atoms with Crippen LogP contribution in [0.1, 0.15) is 0 Å². The van der Waals surface area contributed by atoms with Crippen molar-refractivity contribution in [2.45, 2.75) is 0 Å². The van der Waals surface area contributed by atoms with E-state index in [1.165, 1.54) is 27.1 Å². The van der Waals surface area contributed by atoms with Crippen LogP contribution in [0.15, 0.2) is 152 Å². The van der Waals surface area contributed by atoms with E-state index in [-0.39, 0.29) is 0 Å². The van der Waals surface area contributed by atoms with Crippen LogP contribution < -0.4 is 0 Å². The fraction of sp³-hybridized carbons (Fsp3) is 0. The summed E-state index contributed by atoms with van der Waals surface area (Å²) in [6, 6.07) is 50.5. The van der Waals surface area contributed by atoms with Crippen LogP contribution >= 0.6 is 0 Å². The number of hydrogen-bond donors (Lipinski definition) is 0. The van der Waals surface area contributed by atoms with Gasteiger partial charge in [-0.15, -0.1) is 0 Å². The highest BCUT2D eigenvalue weighted by atomic mass is 15.2. The van der Waals surface area contributed by atoms with Crippen molar-refractivity contribution in [2.75, 3.05) is 0 Å². The highest BCUT2D eigenvalue weighted by Crippen LogP contribution is 2.40. The first kappa shape index (κ1) is 24.5. The number of fused-ring (bicyclic) bond motifs is 7. The molecule has 0 atom stereocenters. The van der Waals surface area contributed by atoms with E-state index in [9.17, 15) is 0 Å². The Balaban J connectivity index is 1.40. The normalized spacial score (nSPS) is 11.6. The molecule has 0 aliphatic carbocycles. The first-order valence-electron chi connectivity index (χ1n) is 14.7. The predicted octanol–water partition coefficient (Wildman–Crippen LogP) is 9.40. The van der Waals surface area contributed by atoms with E-state index in [4.69, 9.17) is 15.0 Å². The molecule has 0 fully saturated rings. The molecule has 0 unspecified atom stereocenters. The smallest absolute Gasteiger partial charge is 0.238 e. The van der Waals surface area contributed by atoms with Crippen molar-refractivity contribution >= 4 is 43.5 Å². The van der Waals surface area contributed by atoms with Crippen LogP contribution in [0.4, 0.5) is 0 Å². The lowest BCUT2D eigenvalue weighted by atomic mass is 10.0. The van der Waals surface area contributed by atoms with Crippen molar-refractivity contribution in [3.05, 3.63) is 152 Å². The Morgan fingerprint density at radius 3 is 1.73 bits per heavy atom. The topological polar surface area (TPSA) is 48.5 Å². The molecule has 0 aliphatic heterocycles. The Kier molecular flexibility index (Phi) is 5.43. The number of nitrogens with zero attached hydrogens (tertiary/aromatic N) is 5. The summed E-state index contributed by atoms with van der Waals surface area (Å²) in [5.41, 5.74) is 6.45. The maximum atomic E-state index is 5.06. The molecule has 5 nitrogen and oxygen atoms in total. The molecule has 0 radical (unpaired) electrons. The fourth-order valence-corrected chi connectivity index (χ4v) is 6.42. The quantitative estimate of drug-likeness (QED) is 0.214. The predicted molar refractivity (Wildman–Crippen MR) is 179 cm³/mol. The third-order valence-electron chi connectivity index (χ3n) is 8.38. The molecule has 6 aromatic carbocycles. The minimum absolute atomic E-state index is 0.587. The van der Waals surface area contributed by atoms with Gasteiger partial charge in [0.2, 0.25) is 5.95 Å². The lowest BCUT2D eigenvalue weighted by Crippen LogP contribution is -2.05. The van der Waals surface area contributed by atoms with Crippen molar-refractivity contribution in [3.63, 3.8) is 0 Å². The Hall–Kier alpha value is -6.07. The molecule has 206 valence electrons. The number of aromatic nitrogens is 5. The molecule has 0 saturated carbocycles. The van der Waals surface area contributed by atoms with Crippen LogP contribution in [0.3, 0.4) is 0 Å². The van der Waals surface area contributed by atoms with Crippen LogP contribution in [0, 0.1) is 0 Å². The first-order chi connectivity index (χ1) is 21.8. The third-order valence-corrected chi connectivity index (χ3v) is 8.38. The maximum Gasteiger partial charge on any atom is 0.238 e. The highest BCUT2D eigenvalue weighted by Gasteiger charge is 2.19. The number of hydrogen-bond acceptors (Lipinski definition) is 3. The van der Waals surface area contributed by atoms with Gasteiger partial charge in [0.25, 0.3) is 0 Å². The van der Waals surface area contributed by atoms with E-state index in [1.54, 1.807) is 0 Å². The summed E-state index contributed by atoms with van der Waals surface area (Å²) in [6.07, 6.45) is 2.08. The molecular formula is C39H25N5. The molecule has 0 bridgehead atoms. The van der Waals surface area contributed by atoms with Crippen LogP contribution in [0.25, 0.3) is 77.9 Å². The van der Waals surface area contributed by atoms with Crippen LogP contribution in [-0.4, -0.2) is 24.1 Å². The van der Waals surface area contributed by atoms with Gasteiger partial charge in [0, 0.05) is 44.6 Å². The van der Waals surface area contributed by atoms with Gasteiger partial charge in [0.15, 0.2) is 11.6 Å². The summed E-state index contributed by atoms with van der Waals surface area (Å²) >= 11 is 0. The van der Waals surface area contributed by atoms with E-state index >= 15 is 0 Å². The van der Waals surface area contributed by atoms with Gasteiger partial charge in [-0.25, -0.2) is 4.98 Å². The summed E-state index contributed by atoms with van der Waals surface area (Å²) in [5.74, 6) is 1.87. The summed E-state index contributed by atoms with van der Waals surface area (Å²) in [4.78, 5) is 15.0. The average Bonchev–Trinajstić information content (AvgIpc) is 3.69. The second-order valence-electron chi connectivity index (χ2n) is 10.9. The van der Waals surface area contributed by atoms with E-state index < -0.39 is 0 Å². The Labute approximate surface area is 253 Å². The largest absolute Gasteiger partial charge is 0.309 e. The minimum atomic E-state index is 0.587. The zero-order chi connectivity index (χ0) is 29.0. The second-order valence-corrected chi connectivity index (χ2v) is 10.9. The molecule has 0 saturated heterocycles. The van der Waals surface area contributed by atoms with Gasteiger partial charge >= 0.3 is 0 Å². The van der Waals surface area contributed by atoms with Crippen molar-refractivity contribution in [2.24, 2.45) is 0 Å². The zero-order valence-electron chi connectivity index (χ0n) is 23.7. The summed E-state index contributed by atoms with van der Waals surface area (Å²) in [5, 5.41) is 5.90. The minimum Gasteiger partial charge on any atom is -0.309 e. The van der Waals surface area contributed by atoms with Crippen LogP contribution in [0.5, 0.6) is 0 Å². The van der Waals surface area contributed by atoms with E-state index in [1.807, 2.05) is 60.7 Å². The van der Waals surface area contributed by atoms with Crippen molar-refractivity contribution in [3.8, 4) is 34.4 Å². The third kappa shape index (κ3) is 3.76. The van der Waals surface area contributed by atoms with Gasteiger partial charge in [-0.3, -0.25) is 4.57 Å². The van der Waals surface area contributed by atoms with Gasteiger partial charge in [0.1, 0.15) is 0 Å². The lowest BCUT2D eigenvalue weighted by Gasteiger charge is -2.12. The molecule has 9 rings (SSSR count). The zero-order valence-corrected chi connectivity index (χ0v) is 23.7. The number of benzene rings is 6. The summed E-state index contributed by atoms with van der Waals surface area (Å²) < 4.78 is 4.49. The Bertz CT molecular complexity index is 2420. The molecule has 3 heterocycles. The van der Waals surface area contributed by atoms with Crippen LogP contribution in [-0.2, 0) is 0 Å². The SMILES string of the molecule is c1ccc(-c2nc(-c3ccccc3)nc(-n3ccc4ccc5ccc6c(c7ccccc7n6-c6ccccc6)c5c43)n2)cc1. The van der Waals surface area contributed by atoms with Crippen molar-refractivity contribution in [1.29, 1.82) is 0 Å². The number of rotatable bonds is 4. The molecule has 5 heteroatoms. The van der Waals surface area contributed by atoms with Gasteiger partial charge in [-0.2, -0.15) is 9.97 Å². The molecule has 0 N–H and O–H groups in total. The molecule has 9 aromatic rings. The molecule has 3 aromatic heterocycles. The van der Waals surface area contributed by atoms with E-state index in [0.29, 0.717) is 17.6 Å². The second kappa shape index (κ2) is 9.75. The monoisotopic (exact) mass is 563 g/mol. The van der Waals surface area contributed by atoms with E-state index in [2.05, 4.69) is 100 Å². The van der Waals surface area contributed by atoms with Gasteiger partial charge in [-0.1, -0.05) is 115 Å². The molecule has 0 amide bonds. The summed E-state index contributed by atoms with van der Waals surface area (Å²) in [7, 11) is 0. The highest BCUT2D eigenvalue weighted by molar-refractivity contribution is 6.27. The molecule has 0 aliphatic rings. The van der Waals surface area contributed by atoms with Crippen molar-refractivity contribution in [1.82, 2.24) is 24.1 Å². The molecule has 0 spiro atoms. The average molecular weight is 564 g/mol. The molecular weight excluding hydrogens is 538 g/mol. The maximum absolute atomic E-state index is 5.06. The van der Waals surface area contributed by atoms with Gasteiger partial charge in [0.05, 0.1) is 16.6 Å². The van der Waals surface area contributed by atoms with Crippen LogP contribution in [0.2, 0.25) is 0 Å². The lowest BCUT2D eigenvalue weighted by molar-refractivity contribution is 0.935. The molecule has 44 heavy (non-hydrogen) atoms. The van der Waals surface area contributed by atoms with Crippen molar-refractivity contribution < 1.29 is 0 Å². The summed E-state index contributed by atoms with van der Waals surface area (Å²) in [6.45, 7) is 0. The fourth-order valence-electron chi connectivity index (χ4n) is 6.42. The standard InChI is InChI=1S/C39H25N5/c1-4-12-28(13-5-1)37-40-38(29-14-6-2-7-15-29)42-39(41-37)43-25-24-27-21-20-26-22-23-33-35(34(26)36(27)43)31-18-10-11-19-32(31)44(33)30-16-8-3-9-17-30/h1-25H. The Morgan fingerprint density at radius 2 is 1.02 bits per heavy atom. The number of para-hydroxylation sites is 2. The van der Waals surface area contributed by atoms with Gasteiger partial charge in [-0.05, 0) is 35.7 Å². The first-order valence-corrected chi connectivity index (χ1v) is 14.7. The van der Waals surface area contributed by atoms with E-state index in [0.717, 1.165) is 33.2 Å². The van der Waals surface area contributed by atoms with Gasteiger partial charge < -0.3 is 4.57 Å². The Morgan fingerprint density at radius 1 is 0.432 bits per heavy atom.